The Hall–Kier alpha value is -0.840. The Morgan fingerprint density at radius 2 is 2.05 bits per heavy atom. The van der Waals surface area contributed by atoms with Gasteiger partial charge in [0.2, 0.25) is 0 Å². The Morgan fingerprint density at radius 3 is 2.85 bits per heavy atom. The van der Waals surface area contributed by atoms with Gasteiger partial charge in [0.25, 0.3) is 5.91 Å². The molecule has 3 rings (SSSR count). The summed E-state index contributed by atoms with van der Waals surface area (Å²) >= 11 is 5.89. The van der Waals surface area contributed by atoms with Gasteiger partial charge in [0, 0.05) is 25.2 Å². The number of fused-ring (bicyclic) bond motifs is 2. The summed E-state index contributed by atoms with van der Waals surface area (Å²) in [5.74, 6) is -0.708. The molecule has 110 valence electrons. The number of likely N-dealkylation sites (tertiary alicyclic amines) is 1. The molecule has 1 aromatic rings. The Kier molecular flexibility index (Phi) is 4.89. The Morgan fingerprint density at radius 1 is 1.30 bits per heavy atom. The number of benzene rings is 1. The number of carbonyl (C=O) groups excluding carboxylic acids is 1. The van der Waals surface area contributed by atoms with E-state index in [2.05, 4.69) is 5.32 Å². The highest BCUT2D eigenvalue weighted by atomic mass is 35.5. The predicted molar refractivity (Wildman–Crippen MR) is 79.1 cm³/mol. The highest BCUT2D eigenvalue weighted by molar-refractivity contribution is 6.34. The van der Waals surface area contributed by atoms with Crippen LogP contribution in [0, 0.1) is 5.82 Å². The maximum atomic E-state index is 13.4. The van der Waals surface area contributed by atoms with E-state index in [4.69, 9.17) is 11.6 Å². The second kappa shape index (κ2) is 6.29. The summed E-state index contributed by atoms with van der Waals surface area (Å²) in [7, 11) is 0. The molecule has 0 aromatic heterocycles. The standard InChI is InChI=1S/C14H16ClFN2O.ClH/c15-13-11(2-1-3-12(13)16)14(19)18-7-6-9-4-5-10(8-18)17-9;/h1-3,9-10,17H,4-8H2;1H. The SMILES string of the molecule is Cl.O=C(c1cccc(F)c1Cl)N1CCC2CCC(C1)N2. The van der Waals surface area contributed by atoms with Crippen molar-refractivity contribution in [3.63, 3.8) is 0 Å². The maximum absolute atomic E-state index is 13.4. The molecule has 20 heavy (non-hydrogen) atoms. The summed E-state index contributed by atoms with van der Waals surface area (Å²) in [6, 6.07) is 5.26. The molecule has 2 saturated heterocycles. The van der Waals surface area contributed by atoms with Crippen LogP contribution < -0.4 is 5.32 Å². The van der Waals surface area contributed by atoms with E-state index in [-0.39, 0.29) is 28.9 Å². The van der Waals surface area contributed by atoms with E-state index < -0.39 is 5.82 Å². The van der Waals surface area contributed by atoms with Gasteiger partial charge < -0.3 is 10.2 Å². The van der Waals surface area contributed by atoms with Gasteiger partial charge in [-0.15, -0.1) is 12.4 Å². The normalized spacial score (nSPS) is 25.0. The highest BCUT2D eigenvalue weighted by Crippen LogP contribution is 2.25. The molecule has 1 aromatic carbocycles. The number of hydrogen-bond acceptors (Lipinski definition) is 2. The first-order valence-corrected chi connectivity index (χ1v) is 7.02. The van der Waals surface area contributed by atoms with Gasteiger partial charge in [-0.05, 0) is 31.4 Å². The molecule has 2 fully saturated rings. The van der Waals surface area contributed by atoms with E-state index in [9.17, 15) is 9.18 Å². The van der Waals surface area contributed by atoms with Crippen LogP contribution in [0.25, 0.3) is 0 Å². The molecule has 1 amide bonds. The molecule has 1 N–H and O–H groups in total. The second-order valence-corrected chi connectivity index (χ2v) is 5.66. The largest absolute Gasteiger partial charge is 0.337 e. The third kappa shape index (κ3) is 2.92. The van der Waals surface area contributed by atoms with Crippen LogP contribution in [-0.2, 0) is 0 Å². The number of carbonyl (C=O) groups is 1. The Bertz CT molecular complexity index is 512. The minimum atomic E-state index is -0.540. The molecular weight excluding hydrogens is 302 g/mol. The first-order valence-electron chi connectivity index (χ1n) is 6.64. The molecular formula is C14H17Cl2FN2O. The quantitative estimate of drug-likeness (QED) is 0.863. The average molecular weight is 319 g/mol. The summed E-state index contributed by atoms with van der Waals surface area (Å²) in [4.78, 5) is 14.2. The van der Waals surface area contributed by atoms with Crippen LogP contribution >= 0.6 is 24.0 Å². The van der Waals surface area contributed by atoms with Gasteiger partial charge in [0.1, 0.15) is 5.82 Å². The Balaban J connectivity index is 0.00000147. The monoisotopic (exact) mass is 318 g/mol. The number of nitrogens with one attached hydrogen (secondary N) is 1. The second-order valence-electron chi connectivity index (χ2n) is 5.28. The van der Waals surface area contributed by atoms with Gasteiger partial charge >= 0.3 is 0 Å². The minimum Gasteiger partial charge on any atom is -0.337 e. The lowest BCUT2D eigenvalue weighted by molar-refractivity contribution is 0.0748. The first kappa shape index (κ1) is 15.5. The van der Waals surface area contributed by atoms with Crippen LogP contribution in [0.15, 0.2) is 18.2 Å². The van der Waals surface area contributed by atoms with E-state index in [1.54, 1.807) is 11.0 Å². The van der Waals surface area contributed by atoms with Crippen molar-refractivity contribution in [1.29, 1.82) is 0 Å². The van der Waals surface area contributed by atoms with Crippen molar-refractivity contribution in [3.05, 3.63) is 34.6 Å². The summed E-state index contributed by atoms with van der Waals surface area (Å²) in [5.41, 5.74) is 0.263. The molecule has 0 aliphatic carbocycles. The number of rotatable bonds is 1. The van der Waals surface area contributed by atoms with Crippen LogP contribution in [0.5, 0.6) is 0 Å². The van der Waals surface area contributed by atoms with Crippen LogP contribution in [0.4, 0.5) is 4.39 Å². The van der Waals surface area contributed by atoms with Crippen molar-refractivity contribution >= 4 is 29.9 Å². The fourth-order valence-corrected chi connectivity index (χ4v) is 3.17. The van der Waals surface area contributed by atoms with Crippen molar-refractivity contribution in [2.75, 3.05) is 13.1 Å². The van der Waals surface area contributed by atoms with Crippen LogP contribution in [-0.4, -0.2) is 36.0 Å². The summed E-state index contributed by atoms with van der Waals surface area (Å²) in [6.07, 6.45) is 3.24. The number of nitrogens with zero attached hydrogens (tertiary/aromatic N) is 1. The third-order valence-electron chi connectivity index (χ3n) is 3.99. The maximum Gasteiger partial charge on any atom is 0.255 e. The highest BCUT2D eigenvalue weighted by Gasteiger charge is 2.32. The van der Waals surface area contributed by atoms with Crippen molar-refractivity contribution in [2.45, 2.75) is 31.3 Å². The zero-order valence-electron chi connectivity index (χ0n) is 10.9. The number of hydrogen-bond donors (Lipinski definition) is 1. The van der Waals surface area contributed by atoms with E-state index in [0.29, 0.717) is 25.2 Å². The van der Waals surface area contributed by atoms with Gasteiger partial charge in [-0.3, -0.25) is 4.79 Å². The van der Waals surface area contributed by atoms with E-state index >= 15 is 0 Å². The number of amides is 1. The van der Waals surface area contributed by atoms with Crippen LogP contribution in [0.3, 0.4) is 0 Å². The van der Waals surface area contributed by atoms with Crippen molar-refractivity contribution in [2.24, 2.45) is 0 Å². The van der Waals surface area contributed by atoms with E-state index in [1.165, 1.54) is 18.6 Å². The molecule has 2 aliphatic heterocycles. The lowest BCUT2D eigenvalue weighted by Crippen LogP contribution is -2.39. The molecule has 2 atom stereocenters. The summed E-state index contributed by atoms with van der Waals surface area (Å²) in [5, 5.41) is 3.44. The molecule has 2 bridgehead atoms. The fraction of sp³-hybridized carbons (Fsp3) is 0.500. The van der Waals surface area contributed by atoms with Crippen molar-refractivity contribution in [1.82, 2.24) is 10.2 Å². The zero-order chi connectivity index (χ0) is 13.4. The first-order chi connectivity index (χ1) is 9.15. The summed E-state index contributed by atoms with van der Waals surface area (Å²) in [6.45, 7) is 1.39. The third-order valence-corrected chi connectivity index (χ3v) is 4.38. The molecule has 3 nitrogen and oxygen atoms in total. The van der Waals surface area contributed by atoms with Crippen molar-refractivity contribution in [3.8, 4) is 0 Å². The predicted octanol–water partition coefficient (Wildman–Crippen LogP) is 2.87. The smallest absolute Gasteiger partial charge is 0.255 e. The van der Waals surface area contributed by atoms with Gasteiger partial charge in [-0.25, -0.2) is 4.39 Å². The van der Waals surface area contributed by atoms with Gasteiger partial charge in [0.15, 0.2) is 0 Å². The summed E-state index contributed by atoms with van der Waals surface area (Å²) < 4.78 is 13.4. The fourth-order valence-electron chi connectivity index (χ4n) is 2.97. The molecule has 2 unspecified atom stereocenters. The van der Waals surface area contributed by atoms with Crippen LogP contribution in [0.1, 0.15) is 29.6 Å². The van der Waals surface area contributed by atoms with Crippen molar-refractivity contribution < 1.29 is 9.18 Å². The lowest BCUT2D eigenvalue weighted by atomic mass is 10.1. The molecule has 0 spiro atoms. The minimum absolute atomic E-state index is 0. The molecule has 2 aliphatic rings. The van der Waals surface area contributed by atoms with Crippen LogP contribution in [0.2, 0.25) is 5.02 Å². The molecule has 6 heteroatoms. The average Bonchev–Trinajstić information content (AvgIpc) is 2.72. The Labute approximate surface area is 128 Å². The molecule has 2 heterocycles. The van der Waals surface area contributed by atoms with E-state index in [0.717, 1.165) is 12.8 Å². The molecule has 0 saturated carbocycles. The zero-order valence-corrected chi connectivity index (χ0v) is 12.5. The van der Waals surface area contributed by atoms with E-state index in [1.807, 2.05) is 0 Å². The molecule has 0 radical (unpaired) electrons. The number of halogens is 3. The van der Waals surface area contributed by atoms with Gasteiger partial charge in [-0.1, -0.05) is 17.7 Å². The lowest BCUT2D eigenvalue weighted by Gasteiger charge is -2.24. The van der Waals surface area contributed by atoms with Gasteiger partial charge in [-0.2, -0.15) is 0 Å². The topological polar surface area (TPSA) is 32.3 Å². The van der Waals surface area contributed by atoms with Gasteiger partial charge in [0.05, 0.1) is 10.6 Å².